The predicted molar refractivity (Wildman–Crippen MR) is 67.8 cm³/mol. The van der Waals surface area contributed by atoms with Crippen molar-refractivity contribution in [3.05, 3.63) is 23.8 Å². The summed E-state index contributed by atoms with van der Waals surface area (Å²) >= 11 is 0. The first-order valence-corrected chi connectivity index (χ1v) is 6.51. The Morgan fingerprint density at radius 3 is 2.78 bits per heavy atom. The van der Waals surface area contributed by atoms with E-state index in [1.54, 1.807) is 4.90 Å². The second-order valence-electron chi connectivity index (χ2n) is 4.75. The average Bonchev–Trinajstić information content (AvgIpc) is 2.46. The van der Waals surface area contributed by atoms with E-state index in [1.807, 2.05) is 0 Å². The third-order valence-electron chi connectivity index (χ3n) is 3.62. The number of nitrogens with zero attached hydrogens (tertiary/aromatic N) is 1. The molecule has 4 heteroatoms. The number of amides is 1. The molecule has 1 aliphatic carbocycles. The Hall–Kier alpha value is -1.58. The van der Waals surface area contributed by atoms with Crippen LogP contribution in [0.2, 0.25) is 0 Å². The number of carbonyl (C=O) groups is 2. The van der Waals surface area contributed by atoms with Gasteiger partial charge < -0.3 is 9.64 Å². The Kier molecular flexibility index (Phi) is 4.56. The highest BCUT2D eigenvalue weighted by Gasteiger charge is 2.24. The number of carbonyl (C=O) groups excluding carboxylic acids is 2. The molecule has 0 atom stereocenters. The number of piperidine rings is 1. The fraction of sp³-hybridized carbons (Fsp3) is 0.571. The number of ether oxygens (including phenoxy) is 1. The summed E-state index contributed by atoms with van der Waals surface area (Å²) in [5, 5.41) is 0. The van der Waals surface area contributed by atoms with Crippen molar-refractivity contribution >= 4 is 12.4 Å². The number of hydrogen-bond donors (Lipinski definition) is 0. The van der Waals surface area contributed by atoms with Crippen molar-refractivity contribution in [2.24, 2.45) is 5.92 Å². The lowest BCUT2D eigenvalue weighted by Crippen LogP contribution is -2.40. The molecule has 0 radical (unpaired) electrons. The quantitative estimate of drug-likeness (QED) is 0.712. The number of rotatable bonds is 4. The van der Waals surface area contributed by atoms with Gasteiger partial charge in [-0.1, -0.05) is 18.2 Å². The lowest BCUT2D eigenvalue weighted by atomic mass is 9.86. The lowest BCUT2D eigenvalue weighted by Gasteiger charge is -2.32. The van der Waals surface area contributed by atoms with Gasteiger partial charge in [-0.25, -0.2) is 0 Å². The van der Waals surface area contributed by atoms with Gasteiger partial charge in [-0.05, 0) is 37.2 Å². The average molecular weight is 249 g/mol. The molecule has 0 aromatic heterocycles. The van der Waals surface area contributed by atoms with Gasteiger partial charge in [-0.3, -0.25) is 9.59 Å². The predicted octanol–water partition coefficient (Wildman–Crippen LogP) is 1.67. The van der Waals surface area contributed by atoms with Crippen LogP contribution in [-0.4, -0.2) is 37.0 Å². The van der Waals surface area contributed by atoms with Crippen molar-refractivity contribution in [1.82, 2.24) is 4.90 Å². The molecule has 1 fully saturated rings. The van der Waals surface area contributed by atoms with Gasteiger partial charge in [0.2, 0.25) is 0 Å². The van der Waals surface area contributed by atoms with Crippen molar-refractivity contribution < 1.29 is 14.3 Å². The maximum atomic E-state index is 11.7. The molecule has 0 saturated carbocycles. The Morgan fingerprint density at radius 1 is 1.39 bits per heavy atom. The van der Waals surface area contributed by atoms with Crippen molar-refractivity contribution in [3.8, 4) is 0 Å². The molecule has 98 valence electrons. The number of likely N-dealkylation sites (tertiary alicyclic amines) is 1. The molecule has 18 heavy (non-hydrogen) atoms. The Balaban J connectivity index is 1.80. The molecule has 0 N–H and O–H groups in total. The molecule has 1 heterocycles. The fourth-order valence-electron chi connectivity index (χ4n) is 2.60. The van der Waals surface area contributed by atoms with Crippen LogP contribution in [0.15, 0.2) is 23.8 Å². The number of allylic oxidation sites excluding steroid dienone is 4. The molecule has 2 rings (SSSR count). The standard InChI is InChI=1S/C14H19NO3/c16-11-18-10-14(17)15-8-6-13(7-9-15)12-4-2-1-3-5-12/h2,4-5,11,13H,1,3,6-10H2. The van der Waals surface area contributed by atoms with Crippen LogP contribution in [0.4, 0.5) is 0 Å². The van der Waals surface area contributed by atoms with E-state index >= 15 is 0 Å². The van der Waals surface area contributed by atoms with Gasteiger partial charge in [0.25, 0.3) is 12.4 Å². The van der Waals surface area contributed by atoms with E-state index in [9.17, 15) is 9.59 Å². The van der Waals surface area contributed by atoms with Crippen LogP contribution in [-0.2, 0) is 14.3 Å². The Morgan fingerprint density at radius 2 is 2.17 bits per heavy atom. The highest BCUT2D eigenvalue weighted by atomic mass is 16.5. The van der Waals surface area contributed by atoms with Crippen LogP contribution >= 0.6 is 0 Å². The zero-order chi connectivity index (χ0) is 12.8. The third-order valence-corrected chi connectivity index (χ3v) is 3.62. The molecule has 0 aromatic rings. The van der Waals surface area contributed by atoms with E-state index in [0.717, 1.165) is 38.8 Å². The molecular weight excluding hydrogens is 230 g/mol. The highest BCUT2D eigenvalue weighted by molar-refractivity contribution is 5.78. The maximum Gasteiger partial charge on any atom is 0.293 e. The van der Waals surface area contributed by atoms with Gasteiger partial charge in [0, 0.05) is 13.1 Å². The molecular formula is C14H19NO3. The van der Waals surface area contributed by atoms with E-state index in [2.05, 4.69) is 23.0 Å². The van der Waals surface area contributed by atoms with Gasteiger partial charge in [0.1, 0.15) is 0 Å². The molecule has 2 aliphatic rings. The SMILES string of the molecule is O=COCC(=O)N1CCC(C2=CCCC=C2)CC1. The van der Waals surface area contributed by atoms with Crippen molar-refractivity contribution in [1.29, 1.82) is 0 Å². The zero-order valence-corrected chi connectivity index (χ0v) is 10.5. The molecule has 0 aromatic carbocycles. The topological polar surface area (TPSA) is 46.6 Å². The normalized spacial score (nSPS) is 20.4. The lowest BCUT2D eigenvalue weighted by molar-refractivity contribution is -0.144. The van der Waals surface area contributed by atoms with Gasteiger partial charge >= 0.3 is 0 Å². The van der Waals surface area contributed by atoms with Crippen molar-refractivity contribution in [3.63, 3.8) is 0 Å². The Bertz CT molecular complexity index is 365. The summed E-state index contributed by atoms with van der Waals surface area (Å²) in [4.78, 5) is 23.5. The van der Waals surface area contributed by atoms with Crippen LogP contribution in [0.5, 0.6) is 0 Å². The first kappa shape index (κ1) is 12.9. The van der Waals surface area contributed by atoms with E-state index in [1.165, 1.54) is 5.57 Å². The molecule has 1 amide bonds. The minimum atomic E-state index is -0.128. The third kappa shape index (κ3) is 3.22. The summed E-state index contributed by atoms with van der Waals surface area (Å²) in [5.74, 6) is 0.492. The molecule has 4 nitrogen and oxygen atoms in total. The van der Waals surface area contributed by atoms with E-state index in [0.29, 0.717) is 12.4 Å². The summed E-state index contributed by atoms with van der Waals surface area (Å²) in [7, 11) is 0. The van der Waals surface area contributed by atoms with E-state index in [-0.39, 0.29) is 12.5 Å². The summed E-state index contributed by atoms with van der Waals surface area (Å²) in [6.07, 6.45) is 11.1. The summed E-state index contributed by atoms with van der Waals surface area (Å²) in [6.45, 7) is 1.72. The largest absolute Gasteiger partial charge is 0.458 e. The van der Waals surface area contributed by atoms with Crippen LogP contribution in [0, 0.1) is 5.92 Å². The second-order valence-corrected chi connectivity index (χ2v) is 4.75. The molecule has 1 aliphatic heterocycles. The molecule has 0 spiro atoms. The monoisotopic (exact) mass is 249 g/mol. The van der Waals surface area contributed by atoms with Crippen LogP contribution in [0.1, 0.15) is 25.7 Å². The van der Waals surface area contributed by atoms with E-state index < -0.39 is 0 Å². The number of hydrogen-bond acceptors (Lipinski definition) is 3. The second kappa shape index (κ2) is 6.38. The summed E-state index contributed by atoms with van der Waals surface area (Å²) in [6, 6.07) is 0. The minimum absolute atomic E-state index is 0.0892. The van der Waals surface area contributed by atoms with Gasteiger partial charge in [0.15, 0.2) is 6.61 Å². The first-order valence-electron chi connectivity index (χ1n) is 6.51. The molecule has 1 saturated heterocycles. The Labute approximate surface area is 107 Å². The van der Waals surface area contributed by atoms with Crippen LogP contribution in [0.3, 0.4) is 0 Å². The zero-order valence-electron chi connectivity index (χ0n) is 10.5. The first-order chi connectivity index (χ1) is 8.81. The molecule has 0 bridgehead atoms. The summed E-state index contributed by atoms with van der Waals surface area (Å²) in [5.41, 5.74) is 1.43. The molecule has 0 unspecified atom stereocenters. The fourth-order valence-corrected chi connectivity index (χ4v) is 2.60. The smallest absolute Gasteiger partial charge is 0.293 e. The van der Waals surface area contributed by atoms with Gasteiger partial charge in [0.05, 0.1) is 0 Å². The summed E-state index contributed by atoms with van der Waals surface area (Å²) < 4.78 is 4.50. The van der Waals surface area contributed by atoms with Crippen LogP contribution in [0.25, 0.3) is 0 Å². The van der Waals surface area contributed by atoms with Crippen molar-refractivity contribution in [2.75, 3.05) is 19.7 Å². The van der Waals surface area contributed by atoms with Gasteiger partial charge in [-0.2, -0.15) is 0 Å². The maximum absolute atomic E-state index is 11.7. The van der Waals surface area contributed by atoms with E-state index in [4.69, 9.17) is 0 Å². The van der Waals surface area contributed by atoms with Crippen molar-refractivity contribution in [2.45, 2.75) is 25.7 Å². The van der Waals surface area contributed by atoms with Crippen LogP contribution < -0.4 is 0 Å². The highest BCUT2D eigenvalue weighted by Crippen LogP contribution is 2.28. The van der Waals surface area contributed by atoms with Gasteiger partial charge in [-0.15, -0.1) is 0 Å². The minimum Gasteiger partial charge on any atom is -0.458 e.